The number of rotatable bonds is 0. The van der Waals surface area contributed by atoms with Crippen molar-refractivity contribution >= 4 is 33.1 Å². The Bertz CT molecular complexity index is 23.0. The minimum absolute atomic E-state index is 0. The molecule has 0 atom stereocenters. The fourth-order valence-electron chi connectivity index (χ4n) is 0. The molecule has 6 heteroatoms. The molecule has 38 valence electrons. The van der Waals surface area contributed by atoms with Crippen LogP contribution < -0.4 is 0 Å². The van der Waals surface area contributed by atoms with Gasteiger partial charge in [-0.3, -0.25) is 0 Å². The van der Waals surface area contributed by atoms with Gasteiger partial charge < -0.3 is 17.3 Å². The molecule has 0 nitrogen and oxygen atoms in total. The van der Waals surface area contributed by atoms with Crippen molar-refractivity contribution in [2.75, 3.05) is 0 Å². The second-order valence-electron chi connectivity index (χ2n) is 0.495. The Labute approximate surface area is 50.8 Å². The molecule has 0 aliphatic carbocycles. The van der Waals surface area contributed by atoms with E-state index in [0.29, 0.717) is 0 Å². The van der Waals surface area contributed by atoms with Crippen LogP contribution in [0.5, 0.6) is 0 Å². The first-order valence-electron chi connectivity index (χ1n) is 0.873. The van der Waals surface area contributed by atoms with Crippen LogP contribution in [0.4, 0.5) is 17.3 Å². The molecule has 0 fully saturated rings. The molecule has 0 rings (SSSR count). The van der Waals surface area contributed by atoms with Crippen molar-refractivity contribution in [3.63, 3.8) is 0 Å². The van der Waals surface area contributed by atoms with Crippen molar-refractivity contribution < 1.29 is 17.3 Å². The van der Waals surface area contributed by atoms with Crippen LogP contribution in [0.2, 0.25) is 0 Å². The van der Waals surface area contributed by atoms with Crippen LogP contribution in [0.3, 0.4) is 0 Å². The van der Waals surface area contributed by atoms with Gasteiger partial charge in [0.1, 0.15) is 0 Å². The summed E-state index contributed by atoms with van der Waals surface area (Å²) in [4.78, 5) is 0. The van der Waals surface area contributed by atoms with E-state index in [2.05, 4.69) is 0 Å². The third kappa shape index (κ3) is 145. The quantitative estimate of drug-likeness (QED) is 0.388. The molecule has 0 saturated carbocycles. The number of hydrogen-bond donors (Lipinski definition) is 0. The van der Waals surface area contributed by atoms with Gasteiger partial charge in [-0.25, -0.2) is 0 Å². The van der Waals surface area contributed by atoms with Crippen molar-refractivity contribution in [2.45, 2.75) is 0 Å². The molecule has 0 aromatic carbocycles. The summed E-state index contributed by atoms with van der Waals surface area (Å²) in [5, 5.41) is 0. The van der Waals surface area contributed by atoms with Gasteiger partial charge in [-0.15, -0.1) is 0 Å². The SMILES string of the molecule is F[B-](F)(F)F.[InH3]. The normalized spacial score (nSPS) is 10.0. The summed E-state index contributed by atoms with van der Waals surface area (Å²) < 4.78 is 39.0. The molecule has 0 spiro atoms. The first kappa shape index (κ1) is 9.82. The average Bonchev–Trinajstić information content (AvgIpc) is 0.722. The van der Waals surface area contributed by atoms with Crippen molar-refractivity contribution in [3.05, 3.63) is 0 Å². The van der Waals surface area contributed by atoms with E-state index in [9.17, 15) is 17.3 Å². The van der Waals surface area contributed by atoms with E-state index >= 15 is 0 Å². The summed E-state index contributed by atoms with van der Waals surface area (Å²) in [7, 11) is -6.00. The molecular weight excluding hydrogens is 202 g/mol. The molecule has 0 aromatic rings. The molecule has 0 aromatic heterocycles. The molecule has 0 unspecified atom stereocenters. The standard InChI is InChI=1S/BF4.In.3H/c2-1(3,4)5;;;;/q-1;;;;. The van der Waals surface area contributed by atoms with Crippen molar-refractivity contribution in [1.82, 2.24) is 0 Å². The van der Waals surface area contributed by atoms with E-state index in [1.165, 1.54) is 0 Å². The summed E-state index contributed by atoms with van der Waals surface area (Å²) in [6.45, 7) is 0. The molecule has 0 N–H and O–H groups in total. The molecule has 0 radical (unpaired) electrons. The zero-order chi connectivity index (χ0) is 4.50. The molecule has 0 bridgehead atoms. The van der Waals surface area contributed by atoms with E-state index in [-0.39, 0.29) is 25.8 Å². The topological polar surface area (TPSA) is 0 Å². The van der Waals surface area contributed by atoms with Gasteiger partial charge in [0.25, 0.3) is 0 Å². The zero-order valence-electron chi connectivity index (χ0n) is 2.09. The molecule has 0 amide bonds. The van der Waals surface area contributed by atoms with E-state index in [1.807, 2.05) is 0 Å². The maximum absolute atomic E-state index is 9.75. The zero-order valence-corrected chi connectivity index (χ0v) is 2.09. The summed E-state index contributed by atoms with van der Waals surface area (Å²) in [5.41, 5.74) is 0. The second-order valence-corrected chi connectivity index (χ2v) is 0.495. The van der Waals surface area contributed by atoms with Gasteiger partial charge in [0.05, 0.1) is 0 Å². The monoisotopic (exact) mass is 205 g/mol. The van der Waals surface area contributed by atoms with Crippen molar-refractivity contribution in [2.24, 2.45) is 0 Å². The molecule has 0 aliphatic rings. The molecule has 0 saturated heterocycles. The Hall–Kier alpha value is 0.655. The van der Waals surface area contributed by atoms with Crippen molar-refractivity contribution in [1.29, 1.82) is 0 Å². The fraction of sp³-hybridized carbons (Fsp3) is 0. The molecule has 0 heterocycles. The number of hydrogen-bond acceptors (Lipinski definition) is 0. The van der Waals surface area contributed by atoms with E-state index in [1.54, 1.807) is 0 Å². The third-order valence-electron chi connectivity index (χ3n) is 0. The fourth-order valence-corrected chi connectivity index (χ4v) is 0. The summed E-state index contributed by atoms with van der Waals surface area (Å²) in [5.74, 6) is 0. The van der Waals surface area contributed by atoms with Gasteiger partial charge in [0.15, 0.2) is 0 Å². The summed E-state index contributed by atoms with van der Waals surface area (Å²) >= 11 is 0. The van der Waals surface area contributed by atoms with Crippen LogP contribution in [-0.2, 0) is 0 Å². The Morgan fingerprint density at radius 2 is 0.833 bits per heavy atom. The van der Waals surface area contributed by atoms with Gasteiger partial charge >= 0.3 is 33.1 Å². The van der Waals surface area contributed by atoms with Gasteiger partial charge in [-0.05, 0) is 0 Å². The van der Waals surface area contributed by atoms with Crippen molar-refractivity contribution in [3.8, 4) is 0 Å². The van der Waals surface area contributed by atoms with E-state index < -0.39 is 7.25 Å². The van der Waals surface area contributed by atoms with E-state index in [0.717, 1.165) is 0 Å². The predicted molar refractivity (Wildman–Crippen MR) is 20.1 cm³/mol. The summed E-state index contributed by atoms with van der Waals surface area (Å²) in [6, 6.07) is 0. The van der Waals surface area contributed by atoms with Gasteiger partial charge in [0.2, 0.25) is 0 Å². The Balaban J connectivity index is 0. The van der Waals surface area contributed by atoms with Crippen LogP contribution in [0.25, 0.3) is 0 Å². The van der Waals surface area contributed by atoms with Crippen LogP contribution in [0, 0.1) is 0 Å². The van der Waals surface area contributed by atoms with Crippen LogP contribution in [0.15, 0.2) is 0 Å². The Kier molecular flexibility index (Phi) is 4.53. The van der Waals surface area contributed by atoms with Gasteiger partial charge in [-0.2, -0.15) is 0 Å². The van der Waals surface area contributed by atoms with Crippen LogP contribution >= 0.6 is 0 Å². The molecule has 0 aliphatic heterocycles. The Morgan fingerprint density at radius 1 is 0.833 bits per heavy atom. The summed E-state index contributed by atoms with van der Waals surface area (Å²) in [6.07, 6.45) is 0. The first-order valence-corrected chi connectivity index (χ1v) is 0.873. The average molecular weight is 205 g/mol. The second kappa shape index (κ2) is 2.77. The van der Waals surface area contributed by atoms with Gasteiger partial charge in [0, 0.05) is 0 Å². The van der Waals surface area contributed by atoms with Crippen LogP contribution in [-0.4, -0.2) is 33.1 Å². The Morgan fingerprint density at radius 3 is 0.833 bits per heavy atom. The molecular formula is H3BF4In-. The molecule has 6 heavy (non-hydrogen) atoms. The van der Waals surface area contributed by atoms with Crippen LogP contribution in [0.1, 0.15) is 0 Å². The minimum atomic E-state index is -6.00. The number of halogens is 4. The first-order chi connectivity index (χ1) is 2.00. The predicted octanol–water partition coefficient (Wildman–Crippen LogP) is 0.116. The van der Waals surface area contributed by atoms with E-state index in [4.69, 9.17) is 0 Å². The maximum atomic E-state index is 9.75. The van der Waals surface area contributed by atoms with Gasteiger partial charge in [-0.1, -0.05) is 0 Å². The third-order valence-corrected chi connectivity index (χ3v) is 0.